The number of benzene rings is 1. The third-order valence-electron chi connectivity index (χ3n) is 2.39. The molecule has 1 heterocycles. The molecule has 16 heavy (non-hydrogen) atoms. The summed E-state index contributed by atoms with van der Waals surface area (Å²) in [6.07, 6.45) is 0. The van der Waals surface area contributed by atoms with E-state index in [4.69, 9.17) is 9.47 Å². The first-order chi connectivity index (χ1) is 7.74. The maximum absolute atomic E-state index is 5.30. The average Bonchev–Trinajstić information content (AvgIpc) is 2.75. The lowest BCUT2D eigenvalue weighted by molar-refractivity contribution is 0.404. The van der Waals surface area contributed by atoms with Crippen molar-refractivity contribution in [2.75, 3.05) is 14.2 Å². The van der Waals surface area contributed by atoms with Crippen LogP contribution in [0.4, 0.5) is 0 Å². The number of nitrogens with one attached hydrogen (secondary N) is 1. The van der Waals surface area contributed by atoms with E-state index in [2.05, 4.69) is 10.2 Å². The molecule has 0 saturated heterocycles. The number of aromatic amines is 1. The second-order valence-electron chi connectivity index (χ2n) is 3.50. The maximum atomic E-state index is 5.30. The summed E-state index contributed by atoms with van der Waals surface area (Å²) >= 11 is 0. The lowest BCUT2D eigenvalue weighted by Gasteiger charge is -2.08. The molecule has 0 saturated carbocycles. The quantitative estimate of drug-likeness (QED) is 0.860. The highest BCUT2D eigenvalue weighted by molar-refractivity contribution is 5.69. The van der Waals surface area contributed by atoms with Gasteiger partial charge in [-0.05, 0) is 31.2 Å². The smallest absolute Gasteiger partial charge is 0.128 e. The van der Waals surface area contributed by atoms with Gasteiger partial charge in [0.15, 0.2) is 0 Å². The zero-order valence-corrected chi connectivity index (χ0v) is 9.57. The summed E-state index contributed by atoms with van der Waals surface area (Å²) in [7, 11) is 3.28. The van der Waals surface area contributed by atoms with Crippen molar-refractivity contribution < 1.29 is 9.47 Å². The van der Waals surface area contributed by atoms with E-state index in [-0.39, 0.29) is 0 Å². The third kappa shape index (κ3) is 1.86. The van der Waals surface area contributed by atoms with Crippen LogP contribution in [0.15, 0.2) is 24.3 Å². The fourth-order valence-corrected chi connectivity index (χ4v) is 1.57. The van der Waals surface area contributed by atoms with Gasteiger partial charge in [-0.25, -0.2) is 0 Å². The predicted molar refractivity (Wildman–Crippen MR) is 61.9 cm³/mol. The molecule has 1 aromatic carbocycles. The van der Waals surface area contributed by atoms with Crippen molar-refractivity contribution in [3.05, 3.63) is 30.0 Å². The second kappa shape index (κ2) is 4.26. The molecule has 2 rings (SSSR count). The van der Waals surface area contributed by atoms with Crippen molar-refractivity contribution in [3.8, 4) is 22.8 Å². The van der Waals surface area contributed by atoms with Gasteiger partial charge in [-0.3, -0.25) is 5.10 Å². The molecule has 0 aliphatic carbocycles. The summed E-state index contributed by atoms with van der Waals surface area (Å²) in [5.74, 6) is 1.57. The first-order valence-corrected chi connectivity index (χ1v) is 4.99. The Balaban J connectivity index is 2.52. The standard InChI is InChI=1S/C12H14N2O2/c1-8-6-11(14-13-8)10-7-9(15-2)4-5-12(10)16-3/h4-7H,1-3H3,(H,13,14). The fourth-order valence-electron chi connectivity index (χ4n) is 1.57. The van der Waals surface area contributed by atoms with E-state index in [0.717, 1.165) is 28.5 Å². The molecule has 0 spiro atoms. The number of ether oxygens (including phenoxy) is 2. The topological polar surface area (TPSA) is 47.1 Å². The van der Waals surface area contributed by atoms with Crippen LogP contribution in [-0.2, 0) is 0 Å². The van der Waals surface area contributed by atoms with Crippen LogP contribution in [0.1, 0.15) is 5.69 Å². The minimum Gasteiger partial charge on any atom is -0.497 e. The van der Waals surface area contributed by atoms with E-state index in [1.54, 1.807) is 14.2 Å². The van der Waals surface area contributed by atoms with Crippen LogP contribution in [0, 0.1) is 6.92 Å². The number of methoxy groups -OCH3 is 2. The van der Waals surface area contributed by atoms with Crippen LogP contribution >= 0.6 is 0 Å². The minimum atomic E-state index is 0.785. The summed E-state index contributed by atoms with van der Waals surface area (Å²) in [6.45, 7) is 1.96. The van der Waals surface area contributed by atoms with E-state index in [1.807, 2.05) is 31.2 Å². The van der Waals surface area contributed by atoms with Crippen molar-refractivity contribution in [2.45, 2.75) is 6.92 Å². The zero-order chi connectivity index (χ0) is 11.5. The molecular formula is C12H14N2O2. The van der Waals surface area contributed by atoms with Gasteiger partial charge in [0.1, 0.15) is 11.5 Å². The van der Waals surface area contributed by atoms with Gasteiger partial charge < -0.3 is 9.47 Å². The van der Waals surface area contributed by atoms with Gasteiger partial charge in [0.25, 0.3) is 0 Å². The molecule has 0 bridgehead atoms. The largest absolute Gasteiger partial charge is 0.497 e. The zero-order valence-electron chi connectivity index (χ0n) is 9.57. The van der Waals surface area contributed by atoms with E-state index in [0.29, 0.717) is 0 Å². The molecule has 84 valence electrons. The average molecular weight is 218 g/mol. The van der Waals surface area contributed by atoms with Gasteiger partial charge >= 0.3 is 0 Å². The number of H-pyrrole nitrogens is 1. The Morgan fingerprint density at radius 2 is 1.94 bits per heavy atom. The van der Waals surface area contributed by atoms with Crippen molar-refractivity contribution in [1.29, 1.82) is 0 Å². The normalized spacial score (nSPS) is 10.2. The van der Waals surface area contributed by atoms with E-state index >= 15 is 0 Å². The molecule has 1 N–H and O–H groups in total. The first kappa shape index (κ1) is 10.5. The summed E-state index contributed by atoms with van der Waals surface area (Å²) in [6, 6.07) is 7.62. The fraction of sp³-hybridized carbons (Fsp3) is 0.250. The van der Waals surface area contributed by atoms with E-state index < -0.39 is 0 Å². The predicted octanol–water partition coefficient (Wildman–Crippen LogP) is 2.40. The van der Waals surface area contributed by atoms with E-state index in [9.17, 15) is 0 Å². The molecule has 1 aromatic heterocycles. The Kier molecular flexibility index (Phi) is 2.81. The number of hydrogen-bond donors (Lipinski definition) is 1. The van der Waals surface area contributed by atoms with Crippen molar-refractivity contribution in [3.63, 3.8) is 0 Å². The third-order valence-corrected chi connectivity index (χ3v) is 2.39. The van der Waals surface area contributed by atoms with E-state index in [1.165, 1.54) is 0 Å². The molecule has 4 heteroatoms. The Hall–Kier alpha value is -1.97. The van der Waals surface area contributed by atoms with Crippen LogP contribution in [0.5, 0.6) is 11.5 Å². The highest BCUT2D eigenvalue weighted by Crippen LogP contribution is 2.32. The van der Waals surface area contributed by atoms with Gasteiger partial charge in [-0.15, -0.1) is 0 Å². The summed E-state index contributed by atoms with van der Waals surface area (Å²) in [4.78, 5) is 0. The highest BCUT2D eigenvalue weighted by atomic mass is 16.5. The maximum Gasteiger partial charge on any atom is 0.128 e. The first-order valence-electron chi connectivity index (χ1n) is 4.99. The number of rotatable bonds is 3. The van der Waals surface area contributed by atoms with Gasteiger partial charge in [-0.2, -0.15) is 5.10 Å². The molecule has 0 unspecified atom stereocenters. The number of aromatic nitrogens is 2. The summed E-state index contributed by atoms with van der Waals surface area (Å²) in [5.41, 5.74) is 2.79. The van der Waals surface area contributed by atoms with Crippen LogP contribution in [-0.4, -0.2) is 24.4 Å². The summed E-state index contributed by atoms with van der Waals surface area (Å²) in [5, 5.41) is 7.12. The van der Waals surface area contributed by atoms with Gasteiger partial charge in [0, 0.05) is 11.3 Å². The van der Waals surface area contributed by atoms with Gasteiger partial charge in [-0.1, -0.05) is 0 Å². The molecule has 0 aliphatic heterocycles. The van der Waals surface area contributed by atoms with Crippen LogP contribution in [0.25, 0.3) is 11.3 Å². The van der Waals surface area contributed by atoms with Crippen molar-refractivity contribution in [2.24, 2.45) is 0 Å². The molecule has 0 atom stereocenters. The second-order valence-corrected chi connectivity index (χ2v) is 3.50. The molecule has 0 amide bonds. The molecule has 4 nitrogen and oxygen atoms in total. The molecular weight excluding hydrogens is 204 g/mol. The van der Waals surface area contributed by atoms with Crippen LogP contribution < -0.4 is 9.47 Å². The Bertz CT molecular complexity index is 492. The number of hydrogen-bond acceptors (Lipinski definition) is 3. The molecule has 0 aliphatic rings. The lowest BCUT2D eigenvalue weighted by Crippen LogP contribution is -1.90. The lowest BCUT2D eigenvalue weighted by atomic mass is 10.1. The molecule has 2 aromatic rings. The van der Waals surface area contributed by atoms with Gasteiger partial charge in [0.05, 0.1) is 19.9 Å². The number of aryl methyl sites for hydroxylation is 1. The van der Waals surface area contributed by atoms with Crippen LogP contribution in [0.3, 0.4) is 0 Å². The van der Waals surface area contributed by atoms with Crippen molar-refractivity contribution >= 4 is 0 Å². The van der Waals surface area contributed by atoms with Crippen LogP contribution in [0.2, 0.25) is 0 Å². The van der Waals surface area contributed by atoms with Gasteiger partial charge in [0.2, 0.25) is 0 Å². The molecule has 0 fully saturated rings. The number of nitrogens with zero attached hydrogens (tertiary/aromatic N) is 1. The Labute approximate surface area is 94.2 Å². The summed E-state index contributed by atoms with van der Waals surface area (Å²) < 4.78 is 10.5. The Morgan fingerprint density at radius 1 is 1.12 bits per heavy atom. The minimum absolute atomic E-state index is 0.785. The SMILES string of the molecule is COc1ccc(OC)c(-c2cc(C)[nH]n2)c1. The monoisotopic (exact) mass is 218 g/mol. The van der Waals surface area contributed by atoms with Crippen molar-refractivity contribution in [1.82, 2.24) is 10.2 Å². The Morgan fingerprint density at radius 3 is 2.50 bits per heavy atom. The highest BCUT2D eigenvalue weighted by Gasteiger charge is 2.09. The molecule has 0 radical (unpaired) electrons.